The van der Waals surface area contributed by atoms with E-state index in [9.17, 15) is 0 Å². The third-order valence-electron chi connectivity index (χ3n) is 2.87. The second kappa shape index (κ2) is 6.57. The Bertz CT molecular complexity index is 402. The van der Waals surface area contributed by atoms with Gasteiger partial charge in [-0.1, -0.05) is 24.3 Å². The fourth-order valence-electron chi connectivity index (χ4n) is 1.99. The van der Waals surface area contributed by atoms with E-state index in [2.05, 4.69) is 0 Å². The molecule has 0 aliphatic rings. The van der Waals surface area contributed by atoms with Crippen molar-refractivity contribution in [3.8, 4) is 0 Å². The third kappa shape index (κ3) is 3.21. The smallest absolute Gasteiger partial charge is 0.373 e. The first-order valence-corrected chi connectivity index (χ1v) is 7.67. The van der Waals surface area contributed by atoms with Crippen molar-refractivity contribution in [2.45, 2.75) is 12.8 Å². The number of nitrogens with two attached hydrogens (primary N) is 2. The molecule has 7 heteroatoms. The van der Waals surface area contributed by atoms with Crippen LogP contribution in [0.5, 0.6) is 0 Å². The van der Waals surface area contributed by atoms with Crippen LogP contribution in [0.3, 0.4) is 0 Å². The number of ether oxygens (including phenoxy) is 1. The number of hydrogen-bond acceptors (Lipinski definition) is 6. The zero-order chi connectivity index (χ0) is 14.5. The molecule has 0 saturated heterocycles. The summed E-state index contributed by atoms with van der Waals surface area (Å²) in [5, 5.41) is 0.695. The van der Waals surface area contributed by atoms with Gasteiger partial charge in [0.1, 0.15) is 0 Å². The van der Waals surface area contributed by atoms with Gasteiger partial charge in [-0.05, 0) is 6.92 Å². The standard InChI is InChI=1S/C12H22N2O4Si/c1-5-18-12(13,14)10-8-6-7-9-11(10)19(15-2,16-3)17-4/h6-9H,5,13-14H2,1-4H3. The van der Waals surface area contributed by atoms with Crippen LogP contribution in [0.4, 0.5) is 0 Å². The molecule has 0 aliphatic carbocycles. The Hall–Kier alpha value is -0.803. The molecule has 4 N–H and O–H groups in total. The molecule has 1 rings (SSSR count). The van der Waals surface area contributed by atoms with Crippen molar-refractivity contribution in [1.82, 2.24) is 0 Å². The predicted octanol–water partition coefficient (Wildman–Crippen LogP) is -0.164. The zero-order valence-corrected chi connectivity index (χ0v) is 12.8. The summed E-state index contributed by atoms with van der Waals surface area (Å²) in [6, 6.07) is 7.28. The van der Waals surface area contributed by atoms with Crippen LogP contribution in [-0.2, 0) is 23.9 Å². The quantitative estimate of drug-likeness (QED) is 0.535. The molecule has 0 unspecified atom stereocenters. The minimum absolute atomic E-state index is 0.392. The SMILES string of the molecule is CCOC(N)(N)c1ccccc1[Si](OC)(OC)OC. The number of rotatable bonds is 7. The van der Waals surface area contributed by atoms with E-state index in [1.807, 2.05) is 25.1 Å². The Morgan fingerprint density at radius 1 is 1.05 bits per heavy atom. The van der Waals surface area contributed by atoms with Gasteiger partial charge in [-0.15, -0.1) is 0 Å². The predicted molar refractivity (Wildman–Crippen MR) is 74.5 cm³/mol. The fourth-order valence-corrected chi connectivity index (χ4v) is 4.06. The lowest BCUT2D eigenvalue weighted by Gasteiger charge is -2.32. The van der Waals surface area contributed by atoms with Crippen LogP contribution < -0.4 is 16.7 Å². The third-order valence-corrected chi connectivity index (χ3v) is 5.58. The van der Waals surface area contributed by atoms with Crippen LogP contribution in [0.1, 0.15) is 12.5 Å². The normalized spacial score (nSPS) is 12.7. The minimum atomic E-state index is -3.02. The molecule has 0 heterocycles. The summed E-state index contributed by atoms with van der Waals surface area (Å²) < 4.78 is 21.8. The Labute approximate surface area is 115 Å². The molecule has 0 atom stereocenters. The van der Waals surface area contributed by atoms with Gasteiger partial charge in [-0.3, -0.25) is 11.5 Å². The molecule has 1 aromatic carbocycles. The van der Waals surface area contributed by atoms with Gasteiger partial charge in [0.2, 0.25) is 0 Å². The van der Waals surface area contributed by atoms with E-state index in [4.69, 9.17) is 29.5 Å². The van der Waals surface area contributed by atoms with E-state index in [-0.39, 0.29) is 0 Å². The first-order chi connectivity index (χ1) is 8.97. The summed E-state index contributed by atoms with van der Waals surface area (Å²) >= 11 is 0. The van der Waals surface area contributed by atoms with Crippen LogP contribution in [0.15, 0.2) is 24.3 Å². The molecule has 19 heavy (non-hydrogen) atoms. The average Bonchev–Trinajstić information content (AvgIpc) is 2.42. The highest BCUT2D eigenvalue weighted by atomic mass is 28.4. The highest BCUT2D eigenvalue weighted by Crippen LogP contribution is 2.17. The molecule has 0 saturated carbocycles. The van der Waals surface area contributed by atoms with Crippen molar-refractivity contribution in [2.24, 2.45) is 11.5 Å². The van der Waals surface area contributed by atoms with Crippen molar-refractivity contribution in [2.75, 3.05) is 27.9 Å². The average molecular weight is 286 g/mol. The van der Waals surface area contributed by atoms with Crippen molar-refractivity contribution in [3.05, 3.63) is 29.8 Å². The Morgan fingerprint density at radius 3 is 2.05 bits per heavy atom. The van der Waals surface area contributed by atoms with Gasteiger partial charge >= 0.3 is 8.80 Å². The van der Waals surface area contributed by atoms with E-state index in [1.54, 1.807) is 6.07 Å². The van der Waals surface area contributed by atoms with Crippen LogP contribution in [-0.4, -0.2) is 36.7 Å². The van der Waals surface area contributed by atoms with Crippen LogP contribution in [0.2, 0.25) is 0 Å². The molecule has 108 valence electrons. The van der Waals surface area contributed by atoms with Crippen molar-refractivity contribution in [1.29, 1.82) is 0 Å². The van der Waals surface area contributed by atoms with E-state index >= 15 is 0 Å². The molecule has 0 aromatic heterocycles. The molecular formula is C12H22N2O4Si. The molecular weight excluding hydrogens is 264 g/mol. The van der Waals surface area contributed by atoms with Gasteiger partial charge in [0, 0.05) is 38.7 Å². The van der Waals surface area contributed by atoms with Gasteiger partial charge in [0.15, 0.2) is 5.85 Å². The molecule has 1 aromatic rings. The molecule has 0 aliphatic heterocycles. The summed E-state index contributed by atoms with van der Waals surface area (Å²) in [4.78, 5) is 0. The Balaban J connectivity index is 3.37. The van der Waals surface area contributed by atoms with E-state index in [1.165, 1.54) is 21.3 Å². The largest absolute Gasteiger partial charge is 0.536 e. The first-order valence-electron chi connectivity index (χ1n) is 5.94. The van der Waals surface area contributed by atoms with Crippen LogP contribution in [0.25, 0.3) is 0 Å². The molecule has 0 spiro atoms. The lowest BCUT2D eigenvalue weighted by atomic mass is 10.1. The molecule has 0 radical (unpaired) electrons. The van der Waals surface area contributed by atoms with Crippen LogP contribution >= 0.6 is 0 Å². The van der Waals surface area contributed by atoms with Gasteiger partial charge in [0.05, 0.1) is 0 Å². The van der Waals surface area contributed by atoms with Gasteiger partial charge in [0.25, 0.3) is 0 Å². The fraction of sp³-hybridized carbons (Fsp3) is 0.500. The summed E-state index contributed by atoms with van der Waals surface area (Å²) in [7, 11) is 1.58. The second-order valence-electron chi connectivity index (χ2n) is 3.94. The maximum absolute atomic E-state index is 6.02. The Kier molecular flexibility index (Phi) is 5.62. The maximum Gasteiger partial charge on any atom is 0.536 e. The molecule has 0 bridgehead atoms. The second-order valence-corrected chi connectivity index (χ2v) is 6.82. The Morgan fingerprint density at radius 2 is 1.58 bits per heavy atom. The monoisotopic (exact) mass is 286 g/mol. The summed E-state index contributed by atoms with van der Waals surface area (Å²) in [6.07, 6.45) is 0. The summed E-state index contributed by atoms with van der Waals surface area (Å²) in [5.74, 6) is -1.42. The van der Waals surface area contributed by atoms with Gasteiger partial charge in [-0.25, -0.2) is 0 Å². The van der Waals surface area contributed by atoms with Gasteiger partial charge in [-0.2, -0.15) is 0 Å². The number of hydrogen-bond donors (Lipinski definition) is 2. The minimum Gasteiger partial charge on any atom is -0.373 e. The van der Waals surface area contributed by atoms with Crippen molar-refractivity contribution < 1.29 is 18.0 Å². The van der Waals surface area contributed by atoms with Gasteiger partial charge < -0.3 is 18.0 Å². The lowest BCUT2D eigenvalue weighted by Crippen LogP contribution is -2.61. The number of benzene rings is 1. The van der Waals surface area contributed by atoms with Crippen molar-refractivity contribution in [3.63, 3.8) is 0 Å². The highest BCUT2D eigenvalue weighted by Gasteiger charge is 2.45. The first kappa shape index (κ1) is 16.3. The highest BCUT2D eigenvalue weighted by molar-refractivity contribution is 6.75. The topological polar surface area (TPSA) is 89.0 Å². The maximum atomic E-state index is 6.02. The van der Waals surface area contributed by atoms with Crippen molar-refractivity contribution >= 4 is 14.0 Å². The van der Waals surface area contributed by atoms with E-state index < -0.39 is 14.7 Å². The summed E-state index contributed by atoms with van der Waals surface area (Å²) in [6.45, 7) is 2.22. The van der Waals surface area contributed by atoms with Crippen LogP contribution in [0, 0.1) is 0 Å². The molecule has 0 amide bonds. The van der Waals surface area contributed by atoms with E-state index in [0.29, 0.717) is 17.4 Å². The summed E-state index contributed by atoms with van der Waals surface area (Å²) in [5.41, 5.74) is 12.6. The zero-order valence-electron chi connectivity index (χ0n) is 11.8. The molecule has 0 fully saturated rings. The lowest BCUT2D eigenvalue weighted by molar-refractivity contribution is -0.0346. The van der Waals surface area contributed by atoms with E-state index in [0.717, 1.165) is 0 Å². The molecule has 6 nitrogen and oxygen atoms in total.